The molecule has 0 bridgehead atoms. The Balaban J connectivity index is 2.00. The molecule has 0 amide bonds. The molecule has 0 aliphatic carbocycles. The first-order valence-corrected chi connectivity index (χ1v) is 7.89. The fraction of sp³-hybridized carbons (Fsp3) is 0.105. The molecule has 5 nitrogen and oxygen atoms in total. The minimum atomic E-state index is -1.34. The number of halogens is 3. The molecular formula is C19H13F3N2O3. The first kappa shape index (κ1) is 18.4. The van der Waals surface area contributed by atoms with Crippen molar-refractivity contribution in [2.24, 2.45) is 0 Å². The summed E-state index contributed by atoms with van der Waals surface area (Å²) in [7, 11) is 0. The summed E-state index contributed by atoms with van der Waals surface area (Å²) in [5.74, 6) is -4.59. The summed E-state index contributed by atoms with van der Waals surface area (Å²) < 4.78 is 41.5. The van der Waals surface area contributed by atoms with Gasteiger partial charge in [0.15, 0.2) is 11.6 Å². The third-order valence-corrected chi connectivity index (χ3v) is 3.91. The van der Waals surface area contributed by atoms with Crippen molar-refractivity contribution in [3.05, 3.63) is 81.5 Å². The van der Waals surface area contributed by atoms with E-state index in [2.05, 4.69) is 5.10 Å². The molecule has 0 fully saturated rings. The molecule has 0 spiro atoms. The summed E-state index contributed by atoms with van der Waals surface area (Å²) in [6, 6.07) is 7.90. The van der Waals surface area contributed by atoms with Crippen molar-refractivity contribution < 1.29 is 23.1 Å². The maximum absolute atomic E-state index is 13.7. The van der Waals surface area contributed by atoms with Crippen LogP contribution >= 0.6 is 0 Å². The largest absolute Gasteiger partial charge is 0.481 e. The normalized spacial score (nSPS) is 11.4. The second-order valence-electron chi connectivity index (χ2n) is 5.71. The molecular weight excluding hydrogens is 361 g/mol. The van der Waals surface area contributed by atoms with Crippen LogP contribution in [0.2, 0.25) is 0 Å². The third kappa shape index (κ3) is 3.74. The number of allylic oxidation sites excluding steroid dienone is 1. The monoisotopic (exact) mass is 374 g/mol. The lowest BCUT2D eigenvalue weighted by atomic mass is 10.1. The number of hydrogen-bond acceptors (Lipinski definition) is 3. The fourth-order valence-electron chi connectivity index (χ4n) is 2.67. The maximum Gasteiger partial charge on any atom is 0.309 e. The van der Waals surface area contributed by atoms with Gasteiger partial charge in [-0.15, -0.1) is 0 Å². The van der Waals surface area contributed by atoms with Crippen LogP contribution in [-0.2, 0) is 17.8 Å². The molecule has 3 rings (SSSR count). The summed E-state index contributed by atoms with van der Waals surface area (Å²) in [5.41, 5.74) is -0.867. The van der Waals surface area contributed by atoms with E-state index in [0.29, 0.717) is 11.5 Å². The highest BCUT2D eigenvalue weighted by molar-refractivity contribution is 5.86. The molecule has 1 heterocycles. The Bertz CT molecular complexity index is 1120. The van der Waals surface area contributed by atoms with Crippen molar-refractivity contribution in [1.29, 1.82) is 0 Å². The van der Waals surface area contributed by atoms with Gasteiger partial charge in [0.05, 0.1) is 24.0 Å². The van der Waals surface area contributed by atoms with Crippen LogP contribution < -0.4 is 5.56 Å². The van der Waals surface area contributed by atoms with Crippen LogP contribution in [0.15, 0.2) is 47.3 Å². The van der Waals surface area contributed by atoms with E-state index in [4.69, 9.17) is 5.11 Å². The summed E-state index contributed by atoms with van der Waals surface area (Å²) in [6.07, 6.45) is 1.86. The lowest BCUT2D eigenvalue weighted by molar-refractivity contribution is -0.136. The first-order chi connectivity index (χ1) is 12.9. The van der Waals surface area contributed by atoms with Gasteiger partial charge in [0.25, 0.3) is 5.56 Å². The van der Waals surface area contributed by atoms with Crippen molar-refractivity contribution in [2.45, 2.75) is 13.0 Å². The SMILES string of the molecule is O=C(O)Cc1nn(CC=Cc2c(F)ccc(F)c2F)c(=O)c2ccccc12. The topological polar surface area (TPSA) is 72.2 Å². The molecule has 138 valence electrons. The highest BCUT2D eigenvalue weighted by Gasteiger charge is 2.13. The summed E-state index contributed by atoms with van der Waals surface area (Å²) in [4.78, 5) is 23.6. The van der Waals surface area contributed by atoms with Gasteiger partial charge < -0.3 is 5.11 Å². The number of carboxylic acids is 1. The molecule has 1 aromatic heterocycles. The number of fused-ring (bicyclic) bond motifs is 1. The smallest absolute Gasteiger partial charge is 0.309 e. The molecule has 8 heteroatoms. The summed E-state index contributed by atoms with van der Waals surface area (Å²) >= 11 is 0. The molecule has 1 N–H and O–H groups in total. The van der Waals surface area contributed by atoms with Gasteiger partial charge in [-0.3, -0.25) is 9.59 Å². The van der Waals surface area contributed by atoms with Crippen LogP contribution in [0.1, 0.15) is 11.3 Å². The van der Waals surface area contributed by atoms with Gasteiger partial charge in [0.2, 0.25) is 0 Å². The van der Waals surface area contributed by atoms with E-state index in [-0.39, 0.29) is 17.6 Å². The van der Waals surface area contributed by atoms with Crippen LogP contribution in [0.4, 0.5) is 13.2 Å². The van der Waals surface area contributed by atoms with Crippen molar-refractivity contribution >= 4 is 22.8 Å². The molecule has 0 saturated heterocycles. The van der Waals surface area contributed by atoms with Gasteiger partial charge in [-0.25, -0.2) is 17.9 Å². The van der Waals surface area contributed by atoms with Crippen molar-refractivity contribution in [2.75, 3.05) is 0 Å². The maximum atomic E-state index is 13.7. The van der Waals surface area contributed by atoms with Gasteiger partial charge in [0.1, 0.15) is 5.82 Å². The Kier molecular flexibility index (Phi) is 5.07. The molecule has 0 aliphatic heterocycles. The Morgan fingerprint density at radius 1 is 1.07 bits per heavy atom. The third-order valence-electron chi connectivity index (χ3n) is 3.91. The van der Waals surface area contributed by atoms with Gasteiger partial charge in [-0.1, -0.05) is 30.4 Å². The second kappa shape index (κ2) is 7.45. The summed E-state index contributed by atoms with van der Waals surface area (Å²) in [5, 5.41) is 13.8. The van der Waals surface area contributed by atoms with E-state index in [9.17, 15) is 22.8 Å². The quantitative estimate of drug-likeness (QED) is 0.697. The fourth-order valence-corrected chi connectivity index (χ4v) is 2.67. The summed E-state index contributed by atoms with van der Waals surface area (Å²) in [6.45, 7) is -0.175. The van der Waals surface area contributed by atoms with Crippen LogP contribution in [0.3, 0.4) is 0 Å². The first-order valence-electron chi connectivity index (χ1n) is 7.89. The number of hydrogen-bond donors (Lipinski definition) is 1. The van der Waals surface area contributed by atoms with Crippen molar-refractivity contribution in [1.82, 2.24) is 9.78 Å². The highest BCUT2D eigenvalue weighted by Crippen LogP contribution is 2.17. The predicted octanol–water partition coefficient (Wildman–Crippen LogP) is 3.15. The zero-order chi connectivity index (χ0) is 19.6. The molecule has 0 unspecified atom stereocenters. The molecule has 3 aromatic rings. The standard InChI is InChI=1S/C19H13F3N2O3/c20-14-7-8-15(21)18(22)13(14)6-3-9-24-19(27)12-5-2-1-4-11(12)16(23-24)10-17(25)26/h1-8H,9-10H2,(H,25,26). The minimum Gasteiger partial charge on any atom is -0.481 e. The highest BCUT2D eigenvalue weighted by atomic mass is 19.2. The van der Waals surface area contributed by atoms with Crippen LogP contribution in [0.5, 0.6) is 0 Å². The number of aliphatic carboxylic acids is 1. The molecule has 0 aliphatic rings. The average molecular weight is 374 g/mol. The van der Waals surface area contributed by atoms with Crippen molar-refractivity contribution in [3.63, 3.8) is 0 Å². The van der Waals surface area contributed by atoms with Gasteiger partial charge >= 0.3 is 5.97 Å². The van der Waals surface area contributed by atoms with Gasteiger partial charge in [0, 0.05) is 10.9 Å². The minimum absolute atomic E-state index is 0.175. The van der Waals surface area contributed by atoms with E-state index in [0.717, 1.165) is 16.8 Å². The number of aromatic nitrogens is 2. The molecule has 2 aromatic carbocycles. The zero-order valence-electron chi connectivity index (χ0n) is 13.8. The van der Waals surface area contributed by atoms with Crippen LogP contribution in [-0.4, -0.2) is 20.9 Å². The van der Waals surface area contributed by atoms with Gasteiger partial charge in [-0.05, 0) is 18.2 Å². The molecule has 27 heavy (non-hydrogen) atoms. The number of carboxylic acid groups (broad SMARTS) is 1. The molecule has 0 atom stereocenters. The predicted molar refractivity (Wildman–Crippen MR) is 92.7 cm³/mol. The number of carbonyl (C=O) groups is 1. The lowest BCUT2D eigenvalue weighted by Crippen LogP contribution is -2.25. The number of benzene rings is 2. The zero-order valence-corrected chi connectivity index (χ0v) is 13.8. The average Bonchev–Trinajstić information content (AvgIpc) is 2.64. The Labute approximate surface area is 151 Å². The van der Waals surface area contributed by atoms with E-state index >= 15 is 0 Å². The van der Waals surface area contributed by atoms with E-state index < -0.39 is 41.0 Å². The Morgan fingerprint density at radius 3 is 2.44 bits per heavy atom. The van der Waals surface area contributed by atoms with Gasteiger partial charge in [-0.2, -0.15) is 5.10 Å². The van der Waals surface area contributed by atoms with E-state index in [1.54, 1.807) is 18.2 Å². The molecule has 0 saturated carbocycles. The Hall–Kier alpha value is -3.42. The van der Waals surface area contributed by atoms with E-state index in [1.807, 2.05) is 0 Å². The second-order valence-corrected chi connectivity index (χ2v) is 5.71. The number of rotatable bonds is 5. The van der Waals surface area contributed by atoms with Crippen LogP contribution in [0.25, 0.3) is 16.8 Å². The molecule has 0 radical (unpaired) electrons. The van der Waals surface area contributed by atoms with Crippen LogP contribution in [0, 0.1) is 17.5 Å². The Morgan fingerprint density at radius 2 is 1.74 bits per heavy atom. The van der Waals surface area contributed by atoms with E-state index in [1.165, 1.54) is 12.1 Å². The number of nitrogens with zero attached hydrogens (tertiary/aromatic N) is 2. The lowest BCUT2D eigenvalue weighted by Gasteiger charge is -2.08. The van der Waals surface area contributed by atoms with Crippen molar-refractivity contribution in [3.8, 4) is 0 Å².